The molecule has 14 heavy (non-hydrogen) atoms. The topological polar surface area (TPSA) is 43.4 Å². The Morgan fingerprint density at radius 1 is 1.29 bits per heavy atom. The standard InChI is InChI=1S/C11H16O3/c1-10-4-5-11(2,14-3)7(9(10)13)6-8(10)12/h7H,4-6H2,1-3H3/t7-,10+,11-/m1/s1. The second kappa shape index (κ2) is 2.66. The van der Waals surface area contributed by atoms with Crippen molar-refractivity contribution in [1.29, 1.82) is 0 Å². The summed E-state index contributed by atoms with van der Waals surface area (Å²) in [5, 5.41) is 0. The summed E-state index contributed by atoms with van der Waals surface area (Å²) in [7, 11) is 1.62. The van der Waals surface area contributed by atoms with Gasteiger partial charge in [0.1, 0.15) is 5.78 Å². The molecule has 3 heteroatoms. The van der Waals surface area contributed by atoms with Gasteiger partial charge in [0, 0.05) is 13.5 Å². The Morgan fingerprint density at radius 2 is 1.93 bits per heavy atom. The molecule has 0 aromatic carbocycles. The summed E-state index contributed by atoms with van der Waals surface area (Å²) >= 11 is 0. The lowest BCUT2D eigenvalue weighted by molar-refractivity contribution is -0.147. The van der Waals surface area contributed by atoms with Crippen LogP contribution in [0.1, 0.15) is 33.1 Å². The molecule has 2 aliphatic rings. The largest absolute Gasteiger partial charge is 0.378 e. The minimum atomic E-state index is -0.692. The number of carbonyl (C=O) groups excluding carboxylic acids is 2. The molecule has 3 atom stereocenters. The van der Waals surface area contributed by atoms with E-state index in [0.717, 1.165) is 6.42 Å². The average Bonchev–Trinajstić information content (AvgIpc) is 2.32. The summed E-state index contributed by atoms with van der Waals surface area (Å²) in [5.74, 6) is -0.00914. The van der Waals surface area contributed by atoms with Crippen LogP contribution in [0.2, 0.25) is 0 Å². The van der Waals surface area contributed by atoms with Crippen LogP contribution in [0.5, 0.6) is 0 Å². The number of fused-ring (bicyclic) bond motifs is 2. The van der Waals surface area contributed by atoms with E-state index in [1.165, 1.54) is 0 Å². The van der Waals surface area contributed by atoms with Gasteiger partial charge >= 0.3 is 0 Å². The maximum absolute atomic E-state index is 12.0. The Bertz CT molecular complexity index is 310. The van der Waals surface area contributed by atoms with Gasteiger partial charge < -0.3 is 4.74 Å². The summed E-state index contributed by atoms with van der Waals surface area (Å²) in [6.07, 6.45) is 1.83. The van der Waals surface area contributed by atoms with Gasteiger partial charge in [0.05, 0.1) is 16.9 Å². The van der Waals surface area contributed by atoms with Crippen LogP contribution in [0.25, 0.3) is 0 Å². The third kappa shape index (κ3) is 0.962. The fraction of sp³-hybridized carbons (Fsp3) is 0.818. The predicted octanol–water partition coefficient (Wildman–Crippen LogP) is 1.35. The molecule has 0 saturated heterocycles. The van der Waals surface area contributed by atoms with Crippen molar-refractivity contribution in [3.63, 3.8) is 0 Å². The zero-order chi connectivity index (χ0) is 10.6. The molecule has 0 spiro atoms. The highest BCUT2D eigenvalue weighted by Gasteiger charge is 2.60. The van der Waals surface area contributed by atoms with E-state index in [1.807, 2.05) is 6.92 Å². The zero-order valence-corrected chi connectivity index (χ0v) is 8.92. The second-order valence-electron chi connectivity index (χ2n) is 4.89. The van der Waals surface area contributed by atoms with E-state index < -0.39 is 11.0 Å². The van der Waals surface area contributed by atoms with Gasteiger partial charge in [-0.1, -0.05) is 0 Å². The fourth-order valence-electron chi connectivity index (χ4n) is 2.70. The third-order valence-electron chi connectivity index (χ3n) is 4.19. The molecule has 0 heterocycles. The molecule has 0 aromatic heterocycles. The first-order valence-electron chi connectivity index (χ1n) is 5.07. The Kier molecular flexibility index (Phi) is 1.87. The number of Topliss-reactive ketones (excluding diaryl/α,β-unsaturated/α-hetero) is 2. The predicted molar refractivity (Wildman–Crippen MR) is 50.9 cm³/mol. The number of carbonyl (C=O) groups is 2. The van der Waals surface area contributed by atoms with Crippen molar-refractivity contribution in [3.05, 3.63) is 0 Å². The number of rotatable bonds is 1. The molecule has 78 valence electrons. The Hall–Kier alpha value is -0.700. The van der Waals surface area contributed by atoms with Crippen molar-refractivity contribution in [2.75, 3.05) is 7.11 Å². The van der Waals surface area contributed by atoms with Crippen LogP contribution >= 0.6 is 0 Å². The maximum Gasteiger partial charge on any atom is 0.152 e. The van der Waals surface area contributed by atoms with Crippen LogP contribution in [-0.4, -0.2) is 24.3 Å². The highest BCUT2D eigenvalue weighted by atomic mass is 16.5. The van der Waals surface area contributed by atoms with E-state index in [-0.39, 0.29) is 17.5 Å². The van der Waals surface area contributed by atoms with Gasteiger partial charge in [-0.25, -0.2) is 0 Å². The third-order valence-corrected chi connectivity index (χ3v) is 4.19. The maximum atomic E-state index is 12.0. The smallest absolute Gasteiger partial charge is 0.152 e. The van der Waals surface area contributed by atoms with E-state index in [2.05, 4.69) is 0 Å². The van der Waals surface area contributed by atoms with Gasteiger partial charge in [0.15, 0.2) is 5.78 Å². The van der Waals surface area contributed by atoms with Crippen LogP contribution in [0.3, 0.4) is 0 Å². The van der Waals surface area contributed by atoms with Crippen LogP contribution < -0.4 is 0 Å². The van der Waals surface area contributed by atoms with Gasteiger partial charge in [-0.05, 0) is 26.7 Å². The van der Waals surface area contributed by atoms with Crippen molar-refractivity contribution in [2.45, 2.75) is 38.7 Å². The number of hydrogen-bond donors (Lipinski definition) is 0. The number of ether oxygens (including phenoxy) is 1. The van der Waals surface area contributed by atoms with Gasteiger partial charge in [-0.2, -0.15) is 0 Å². The average molecular weight is 196 g/mol. The first kappa shape index (κ1) is 9.84. The SMILES string of the molecule is CO[C@]1(C)CC[C@@]2(C)C(=O)C[C@@H]1C2=O. The summed E-state index contributed by atoms with van der Waals surface area (Å²) in [6.45, 7) is 3.72. The van der Waals surface area contributed by atoms with Crippen molar-refractivity contribution < 1.29 is 14.3 Å². The van der Waals surface area contributed by atoms with Gasteiger partial charge in [-0.15, -0.1) is 0 Å². The van der Waals surface area contributed by atoms with E-state index in [0.29, 0.717) is 12.8 Å². The molecular formula is C11H16O3. The molecule has 2 rings (SSSR count). The number of hydrogen-bond acceptors (Lipinski definition) is 3. The van der Waals surface area contributed by atoms with Crippen molar-refractivity contribution in [1.82, 2.24) is 0 Å². The minimum absolute atomic E-state index is 0.0955. The van der Waals surface area contributed by atoms with Crippen LogP contribution in [0.15, 0.2) is 0 Å². The molecule has 2 bridgehead atoms. The molecule has 3 nitrogen and oxygen atoms in total. The molecule has 2 aliphatic carbocycles. The Labute approximate surface area is 83.8 Å². The molecule has 2 saturated carbocycles. The lowest BCUT2D eigenvalue weighted by Gasteiger charge is -2.39. The minimum Gasteiger partial charge on any atom is -0.378 e. The summed E-state index contributed by atoms with van der Waals surface area (Å²) in [4.78, 5) is 23.7. The number of ketones is 2. The normalized spacial score (nSPS) is 47.2. The molecule has 0 aliphatic heterocycles. The summed E-state index contributed by atoms with van der Waals surface area (Å²) in [5.41, 5.74) is -1.11. The first-order valence-corrected chi connectivity index (χ1v) is 5.07. The van der Waals surface area contributed by atoms with Gasteiger partial charge in [0.2, 0.25) is 0 Å². The van der Waals surface area contributed by atoms with E-state index in [9.17, 15) is 9.59 Å². The Balaban J connectivity index is 2.41. The van der Waals surface area contributed by atoms with Crippen LogP contribution in [0, 0.1) is 11.3 Å². The number of methoxy groups -OCH3 is 1. The van der Waals surface area contributed by atoms with E-state index in [1.54, 1.807) is 14.0 Å². The molecular weight excluding hydrogens is 180 g/mol. The monoisotopic (exact) mass is 196 g/mol. The van der Waals surface area contributed by atoms with Crippen molar-refractivity contribution >= 4 is 11.6 Å². The lowest BCUT2D eigenvalue weighted by Crippen LogP contribution is -2.47. The second-order valence-corrected chi connectivity index (χ2v) is 4.89. The van der Waals surface area contributed by atoms with Crippen LogP contribution in [-0.2, 0) is 14.3 Å². The fourth-order valence-corrected chi connectivity index (χ4v) is 2.70. The molecule has 0 unspecified atom stereocenters. The molecule has 0 aromatic rings. The molecule has 0 amide bonds. The highest BCUT2D eigenvalue weighted by Crippen LogP contribution is 2.51. The quantitative estimate of drug-likeness (QED) is 0.594. The zero-order valence-electron chi connectivity index (χ0n) is 8.92. The highest BCUT2D eigenvalue weighted by molar-refractivity contribution is 6.14. The van der Waals surface area contributed by atoms with Crippen molar-refractivity contribution in [3.8, 4) is 0 Å². The summed E-state index contributed by atoms with van der Waals surface area (Å²) < 4.78 is 5.40. The van der Waals surface area contributed by atoms with E-state index >= 15 is 0 Å². The Morgan fingerprint density at radius 3 is 2.50 bits per heavy atom. The summed E-state index contributed by atoms with van der Waals surface area (Å²) in [6, 6.07) is 0. The molecule has 2 fully saturated rings. The van der Waals surface area contributed by atoms with Crippen LogP contribution in [0.4, 0.5) is 0 Å². The first-order chi connectivity index (χ1) is 6.44. The lowest BCUT2D eigenvalue weighted by atomic mass is 9.69. The van der Waals surface area contributed by atoms with Crippen molar-refractivity contribution in [2.24, 2.45) is 11.3 Å². The van der Waals surface area contributed by atoms with Gasteiger partial charge in [0.25, 0.3) is 0 Å². The van der Waals surface area contributed by atoms with Gasteiger partial charge in [-0.3, -0.25) is 9.59 Å². The molecule has 0 N–H and O–H groups in total. The molecule has 0 radical (unpaired) electrons. The van der Waals surface area contributed by atoms with E-state index in [4.69, 9.17) is 4.74 Å².